The van der Waals surface area contributed by atoms with Gasteiger partial charge in [0.05, 0.1) is 26.2 Å². The van der Waals surface area contributed by atoms with E-state index in [1.165, 1.54) is 12.1 Å². The van der Waals surface area contributed by atoms with E-state index in [0.717, 1.165) is 63.1 Å². The zero-order valence-corrected chi connectivity index (χ0v) is 27.5. The SMILES string of the molecule is C=C(C)c1c(Cl)c(-c2ccc(F)c3sc(N)c(C#N)c23)c(F)c2nc(OCC34CCCN3CCC4)nc(NCC3NC[C@@H]3CC)c12. The number of nitrogen functional groups attached to an aromatic ring is 1. The number of aromatic nitrogens is 2. The molecule has 3 fully saturated rings. The molecule has 3 aliphatic rings. The Morgan fingerprint density at radius 2 is 2.04 bits per heavy atom. The van der Waals surface area contributed by atoms with E-state index in [2.05, 4.69) is 40.1 Å². The predicted octanol–water partition coefficient (Wildman–Crippen LogP) is 7.35. The van der Waals surface area contributed by atoms with Crippen LogP contribution in [0, 0.1) is 28.9 Å². The van der Waals surface area contributed by atoms with Crippen molar-refractivity contribution >= 4 is 60.3 Å². The molecular formula is C34H36ClF2N7OS. The minimum absolute atomic E-state index is 0.00453. The van der Waals surface area contributed by atoms with Crippen molar-refractivity contribution in [2.24, 2.45) is 5.92 Å². The van der Waals surface area contributed by atoms with Crippen molar-refractivity contribution in [3.63, 3.8) is 0 Å². The van der Waals surface area contributed by atoms with Crippen LogP contribution in [0.5, 0.6) is 6.01 Å². The van der Waals surface area contributed by atoms with Crippen LogP contribution in [0.3, 0.4) is 0 Å². The Kier molecular flexibility index (Phi) is 8.04. The maximum absolute atomic E-state index is 17.1. The summed E-state index contributed by atoms with van der Waals surface area (Å²) < 4.78 is 38.6. The molecule has 0 aliphatic carbocycles. The summed E-state index contributed by atoms with van der Waals surface area (Å²) in [5.74, 6) is -0.354. The average molecular weight is 664 g/mol. The highest BCUT2D eigenvalue weighted by molar-refractivity contribution is 7.23. The van der Waals surface area contributed by atoms with Crippen molar-refractivity contribution in [3.8, 4) is 23.2 Å². The Balaban J connectivity index is 1.43. The van der Waals surface area contributed by atoms with Crippen LogP contribution in [-0.2, 0) is 0 Å². The topological polar surface area (TPSA) is 112 Å². The lowest BCUT2D eigenvalue weighted by molar-refractivity contribution is 0.108. The molecule has 4 N–H and O–H groups in total. The highest BCUT2D eigenvalue weighted by Gasteiger charge is 2.45. The fourth-order valence-electron chi connectivity index (χ4n) is 7.61. The van der Waals surface area contributed by atoms with Crippen LogP contribution in [0.4, 0.5) is 19.6 Å². The first kappa shape index (κ1) is 31.1. The third-order valence-electron chi connectivity index (χ3n) is 10.1. The highest BCUT2D eigenvalue weighted by atomic mass is 35.5. The molecule has 5 heterocycles. The first-order valence-corrected chi connectivity index (χ1v) is 17.0. The second kappa shape index (κ2) is 11.9. The number of fused-ring (bicyclic) bond motifs is 3. The Hall–Kier alpha value is -3.56. The first-order chi connectivity index (χ1) is 22.2. The van der Waals surface area contributed by atoms with Gasteiger partial charge in [0.25, 0.3) is 0 Å². The molecule has 12 heteroatoms. The molecule has 0 amide bonds. The molecule has 2 atom stereocenters. The number of nitrogens with zero attached hydrogens (tertiary/aromatic N) is 4. The van der Waals surface area contributed by atoms with Gasteiger partial charge in [-0.15, -0.1) is 11.3 Å². The monoisotopic (exact) mass is 663 g/mol. The average Bonchev–Trinajstić information content (AvgIpc) is 3.69. The fraction of sp³-hybridized carbons (Fsp3) is 0.441. The summed E-state index contributed by atoms with van der Waals surface area (Å²) in [4.78, 5) is 12.0. The van der Waals surface area contributed by atoms with Gasteiger partial charge in [0.1, 0.15) is 34.8 Å². The van der Waals surface area contributed by atoms with Crippen molar-refractivity contribution in [2.75, 3.05) is 43.8 Å². The molecule has 8 nitrogen and oxygen atoms in total. The Bertz CT molecular complexity index is 1930. The molecule has 2 aromatic carbocycles. The lowest BCUT2D eigenvalue weighted by Gasteiger charge is -2.38. The molecule has 0 spiro atoms. The Morgan fingerprint density at radius 3 is 2.70 bits per heavy atom. The van der Waals surface area contributed by atoms with E-state index in [1.807, 2.05) is 0 Å². The number of hydrogen-bond donors (Lipinski definition) is 3. The van der Waals surface area contributed by atoms with Crippen LogP contribution in [-0.4, -0.2) is 59.2 Å². The largest absolute Gasteiger partial charge is 0.461 e. The number of halogens is 3. The predicted molar refractivity (Wildman–Crippen MR) is 181 cm³/mol. The standard InChI is InChI=1S/C34H36ClF2N7OS/c1-4-18-14-40-22(18)15-41-32-26-23(17(2)3)27(35)25(19-7-8-21(36)30-24(19)20(13-38)31(39)46-30)28(37)29(26)42-33(43-32)45-16-34-9-5-11-44(34)12-6-10-34/h7-8,18,22,40H,2,4-6,9-12,14-16,39H2,1,3H3,(H,41,42,43)/t18-,22?/m0/s1. The van der Waals surface area contributed by atoms with E-state index in [1.54, 1.807) is 6.92 Å². The van der Waals surface area contributed by atoms with Crippen LogP contribution in [0.2, 0.25) is 5.02 Å². The summed E-state index contributed by atoms with van der Waals surface area (Å²) in [6.45, 7) is 12.2. The number of anilines is 2. The molecule has 0 saturated carbocycles. The van der Waals surface area contributed by atoms with Crippen molar-refractivity contribution < 1.29 is 13.5 Å². The molecule has 46 heavy (non-hydrogen) atoms. The van der Waals surface area contributed by atoms with E-state index in [4.69, 9.17) is 27.1 Å². The first-order valence-electron chi connectivity index (χ1n) is 15.8. The van der Waals surface area contributed by atoms with Crippen molar-refractivity contribution in [1.29, 1.82) is 5.26 Å². The zero-order valence-electron chi connectivity index (χ0n) is 25.9. The molecule has 2 aromatic heterocycles. The number of benzene rings is 2. The highest BCUT2D eigenvalue weighted by Crippen LogP contribution is 2.48. The van der Waals surface area contributed by atoms with Crippen molar-refractivity contribution in [3.05, 3.63) is 46.5 Å². The molecular weight excluding hydrogens is 628 g/mol. The van der Waals surface area contributed by atoms with Gasteiger partial charge in [-0.05, 0) is 75.4 Å². The summed E-state index contributed by atoms with van der Waals surface area (Å²) in [6, 6.07) is 5.04. The minimum Gasteiger partial charge on any atom is -0.461 e. The van der Waals surface area contributed by atoms with Gasteiger partial charge in [-0.25, -0.2) is 8.78 Å². The summed E-state index contributed by atoms with van der Waals surface area (Å²) in [5.41, 5.74) is 7.41. The Morgan fingerprint density at radius 1 is 1.28 bits per heavy atom. The van der Waals surface area contributed by atoms with Gasteiger partial charge in [0.2, 0.25) is 0 Å². The van der Waals surface area contributed by atoms with Crippen LogP contribution in [0.25, 0.3) is 37.7 Å². The quantitative estimate of drug-likeness (QED) is 0.170. The molecule has 3 saturated heterocycles. The lowest BCUT2D eigenvalue weighted by atomic mass is 9.89. The molecule has 1 unspecified atom stereocenters. The molecule has 240 valence electrons. The number of allylic oxidation sites excluding steroid dienone is 1. The van der Waals surface area contributed by atoms with E-state index in [-0.39, 0.29) is 59.9 Å². The molecule has 3 aliphatic heterocycles. The van der Waals surface area contributed by atoms with Crippen LogP contribution in [0.1, 0.15) is 57.1 Å². The number of nitrogens with one attached hydrogen (secondary N) is 2. The second-order valence-electron chi connectivity index (χ2n) is 12.8. The summed E-state index contributed by atoms with van der Waals surface area (Å²) in [7, 11) is 0. The molecule has 0 radical (unpaired) electrons. The number of nitrogens with two attached hydrogens (primary N) is 1. The number of rotatable bonds is 9. The van der Waals surface area contributed by atoms with E-state index < -0.39 is 11.6 Å². The summed E-state index contributed by atoms with van der Waals surface area (Å²) >= 11 is 8.04. The molecule has 7 rings (SSSR count). The maximum atomic E-state index is 17.1. The number of ether oxygens (including phenoxy) is 1. The normalized spacial score (nSPS) is 20.5. The van der Waals surface area contributed by atoms with Crippen LogP contribution < -0.4 is 21.1 Å². The Labute approximate surface area is 275 Å². The van der Waals surface area contributed by atoms with Gasteiger partial charge < -0.3 is 21.1 Å². The van der Waals surface area contributed by atoms with Crippen LogP contribution >= 0.6 is 22.9 Å². The number of hydrogen-bond acceptors (Lipinski definition) is 9. The summed E-state index contributed by atoms with van der Waals surface area (Å²) in [5, 5.41) is 17.7. The molecule has 0 bridgehead atoms. The minimum atomic E-state index is -0.725. The lowest BCUT2D eigenvalue weighted by Crippen LogP contribution is -2.56. The van der Waals surface area contributed by atoms with Crippen molar-refractivity contribution in [1.82, 2.24) is 20.2 Å². The van der Waals surface area contributed by atoms with Crippen molar-refractivity contribution in [2.45, 2.75) is 57.5 Å². The smallest absolute Gasteiger partial charge is 0.319 e. The second-order valence-corrected chi connectivity index (χ2v) is 14.2. The van der Waals surface area contributed by atoms with E-state index >= 15 is 4.39 Å². The number of nitriles is 1. The van der Waals surface area contributed by atoms with Crippen LogP contribution in [0.15, 0.2) is 18.7 Å². The van der Waals surface area contributed by atoms with E-state index in [0.29, 0.717) is 41.4 Å². The van der Waals surface area contributed by atoms with Gasteiger partial charge in [0.15, 0.2) is 5.82 Å². The van der Waals surface area contributed by atoms with E-state index in [9.17, 15) is 9.65 Å². The van der Waals surface area contributed by atoms with Gasteiger partial charge in [-0.3, -0.25) is 4.90 Å². The van der Waals surface area contributed by atoms with Gasteiger partial charge >= 0.3 is 6.01 Å². The van der Waals surface area contributed by atoms with Gasteiger partial charge in [0, 0.05) is 29.1 Å². The third-order valence-corrected chi connectivity index (χ3v) is 11.5. The fourth-order valence-corrected chi connectivity index (χ4v) is 9.00. The molecule has 4 aromatic rings. The van der Waals surface area contributed by atoms with Gasteiger partial charge in [-0.1, -0.05) is 37.6 Å². The maximum Gasteiger partial charge on any atom is 0.319 e. The number of thiophene rings is 1. The zero-order chi connectivity index (χ0) is 32.3. The summed E-state index contributed by atoms with van der Waals surface area (Å²) in [6.07, 6.45) is 5.35. The third kappa shape index (κ3) is 4.89. The van der Waals surface area contributed by atoms with Gasteiger partial charge in [-0.2, -0.15) is 15.2 Å².